The first kappa shape index (κ1) is 11.5. The van der Waals surface area contributed by atoms with E-state index in [0.29, 0.717) is 17.9 Å². The minimum absolute atomic E-state index is 0.0400. The summed E-state index contributed by atoms with van der Waals surface area (Å²) in [4.78, 5) is 11.5. The van der Waals surface area contributed by atoms with Crippen LogP contribution in [0.1, 0.15) is 17.3 Å². The van der Waals surface area contributed by atoms with Crippen molar-refractivity contribution in [2.45, 2.75) is 6.92 Å². The van der Waals surface area contributed by atoms with Crippen LogP contribution in [0.5, 0.6) is 5.75 Å². The molecule has 0 atom stereocenters. The first-order valence-corrected chi connectivity index (χ1v) is 4.88. The molecule has 0 radical (unpaired) electrons. The fourth-order valence-electron chi connectivity index (χ4n) is 1.08. The second-order valence-electron chi connectivity index (χ2n) is 2.78. The normalized spacial score (nSPS) is 9.40. The number of ether oxygens (including phenoxy) is 1. The van der Waals surface area contributed by atoms with Gasteiger partial charge >= 0.3 is 0 Å². The molecule has 0 spiro atoms. The summed E-state index contributed by atoms with van der Waals surface area (Å²) < 4.78 is 5.26. The Morgan fingerprint density at radius 2 is 2.33 bits per heavy atom. The maximum atomic E-state index is 11.5. The van der Waals surface area contributed by atoms with E-state index in [-0.39, 0.29) is 11.0 Å². The summed E-state index contributed by atoms with van der Waals surface area (Å²) in [7, 11) is 0. The Kier molecular flexibility index (Phi) is 4.05. The Labute approximate surface area is 93.4 Å². The van der Waals surface area contributed by atoms with Crippen molar-refractivity contribution in [1.82, 2.24) is 5.32 Å². The van der Waals surface area contributed by atoms with Gasteiger partial charge in [-0.15, -0.1) is 0 Å². The molecular weight excluding hydrogens is 212 g/mol. The van der Waals surface area contributed by atoms with Crippen LogP contribution in [0.25, 0.3) is 0 Å². The maximum Gasteiger partial charge on any atom is 0.257 e. The molecule has 0 bridgehead atoms. The number of hydrogen-bond donors (Lipinski definition) is 2. The van der Waals surface area contributed by atoms with Gasteiger partial charge in [0.15, 0.2) is 5.11 Å². The summed E-state index contributed by atoms with van der Waals surface area (Å²) in [5.74, 6) is 0.317. The molecule has 4 nitrogen and oxygen atoms in total. The van der Waals surface area contributed by atoms with Crippen molar-refractivity contribution in [3.05, 3.63) is 29.8 Å². The minimum atomic E-state index is -0.330. The summed E-state index contributed by atoms with van der Waals surface area (Å²) in [5, 5.41) is 2.30. The average molecular weight is 224 g/mol. The number of rotatable bonds is 3. The second kappa shape index (κ2) is 5.31. The highest BCUT2D eigenvalue weighted by molar-refractivity contribution is 7.80. The fraction of sp³-hybridized carbons (Fsp3) is 0.200. The molecule has 80 valence electrons. The van der Waals surface area contributed by atoms with Crippen molar-refractivity contribution in [1.29, 1.82) is 0 Å². The van der Waals surface area contributed by atoms with Gasteiger partial charge < -0.3 is 10.5 Å². The first-order valence-electron chi connectivity index (χ1n) is 4.47. The molecule has 0 heterocycles. The van der Waals surface area contributed by atoms with Crippen molar-refractivity contribution >= 4 is 23.2 Å². The number of benzene rings is 1. The van der Waals surface area contributed by atoms with Crippen LogP contribution in [0.4, 0.5) is 0 Å². The van der Waals surface area contributed by atoms with E-state index in [0.717, 1.165) is 0 Å². The maximum absolute atomic E-state index is 11.5. The first-order chi connectivity index (χ1) is 7.13. The predicted molar refractivity (Wildman–Crippen MR) is 61.9 cm³/mol. The molecule has 0 aliphatic heterocycles. The lowest BCUT2D eigenvalue weighted by molar-refractivity contribution is 0.0977. The van der Waals surface area contributed by atoms with E-state index in [9.17, 15) is 4.79 Å². The number of thiocarbonyl (C=S) groups is 1. The van der Waals surface area contributed by atoms with Crippen molar-refractivity contribution in [3.8, 4) is 5.75 Å². The highest BCUT2D eigenvalue weighted by atomic mass is 32.1. The van der Waals surface area contributed by atoms with E-state index in [1.165, 1.54) is 0 Å². The molecule has 3 N–H and O–H groups in total. The van der Waals surface area contributed by atoms with Crippen LogP contribution < -0.4 is 15.8 Å². The summed E-state index contributed by atoms with van der Waals surface area (Å²) in [5.41, 5.74) is 5.66. The zero-order valence-corrected chi connectivity index (χ0v) is 9.14. The summed E-state index contributed by atoms with van der Waals surface area (Å²) in [6.07, 6.45) is 0. The molecule has 0 unspecified atom stereocenters. The van der Waals surface area contributed by atoms with Gasteiger partial charge in [-0.2, -0.15) is 0 Å². The quantitative estimate of drug-likeness (QED) is 0.753. The third-order valence-electron chi connectivity index (χ3n) is 1.64. The molecule has 0 fully saturated rings. The van der Waals surface area contributed by atoms with Gasteiger partial charge in [0.05, 0.1) is 6.61 Å². The lowest BCUT2D eigenvalue weighted by Gasteiger charge is -2.05. The van der Waals surface area contributed by atoms with Gasteiger partial charge in [0.25, 0.3) is 5.91 Å². The van der Waals surface area contributed by atoms with Crippen LogP contribution in [0.2, 0.25) is 0 Å². The standard InChI is InChI=1S/C10H12N2O2S/c1-2-14-8-5-3-4-7(6-8)9(13)12-10(11)15/h3-6H,2H2,1H3,(H3,11,12,13,15). The lowest BCUT2D eigenvalue weighted by Crippen LogP contribution is -2.34. The van der Waals surface area contributed by atoms with Crippen LogP contribution in [-0.2, 0) is 0 Å². The van der Waals surface area contributed by atoms with Gasteiger partial charge in [-0.05, 0) is 37.3 Å². The van der Waals surface area contributed by atoms with Gasteiger partial charge in [0.1, 0.15) is 5.75 Å². The average Bonchev–Trinajstić information content (AvgIpc) is 2.17. The van der Waals surface area contributed by atoms with Gasteiger partial charge in [0, 0.05) is 5.56 Å². The number of carbonyl (C=O) groups excluding carboxylic acids is 1. The smallest absolute Gasteiger partial charge is 0.257 e. The molecule has 0 aliphatic rings. The van der Waals surface area contributed by atoms with Crippen molar-refractivity contribution in [2.24, 2.45) is 5.73 Å². The fourth-order valence-corrected chi connectivity index (χ4v) is 1.17. The largest absolute Gasteiger partial charge is 0.494 e. The number of hydrogen-bond acceptors (Lipinski definition) is 3. The number of nitrogens with one attached hydrogen (secondary N) is 1. The van der Waals surface area contributed by atoms with Gasteiger partial charge in [-0.1, -0.05) is 6.07 Å². The Morgan fingerprint density at radius 3 is 2.93 bits per heavy atom. The number of carbonyl (C=O) groups is 1. The van der Waals surface area contributed by atoms with Crippen molar-refractivity contribution in [2.75, 3.05) is 6.61 Å². The van der Waals surface area contributed by atoms with Crippen LogP contribution in [0.15, 0.2) is 24.3 Å². The molecule has 1 rings (SSSR count). The van der Waals surface area contributed by atoms with E-state index >= 15 is 0 Å². The van der Waals surface area contributed by atoms with E-state index < -0.39 is 0 Å². The van der Waals surface area contributed by atoms with E-state index in [1.54, 1.807) is 24.3 Å². The molecule has 1 aromatic rings. The Hall–Kier alpha value is -1.62. The summed E-state index contributed by atoms with van der Waals surface area (Å²) in [6, 6.07) is 6.81. The Bertz CT molecular complexity index is 379. The molecule has 0 saturated carbocycles. The van der Waals surface area contributed by atoms with Crippen LogP contribution in [0.3, 0.4) is 0 Å². The zero-order valence-electron chi connectivity index (χ0n) is 8.32. The monoisotopic (exact) mass is 224 g/mol. The molecule has 0 aliphatic carbocycles. The van der Waals surface area contributed by atoms with Gasteiger partial charge in [-0.25, -0.2) is 0 Å². The van der Waals surface area contributed by atoms with E-state index in [1.807, 2.05) is 6.92 Å². The van der Waals surface area contributed by atoms with Crippen molar-refractivity contribution < 1.29 is 9.53 Å². The van der Waals surface area contributed by atoms with Crippen molar-refractivity contribution in [3.63, 3.8) is 0 Å². The lowest BCUT2D eigenvalue weighted by atomic mass is 10.2. The predicted octanol–water partition coefficient (Wildman–Crippen LogP) is 1.06. The van der Waals surface area contributed by atoms with Gasteiger partial charge in [-0.3, -0.25) is 10.1 Å². The zero-order chi connectivity index (χ0) is 11.3. The third-order valence-corrected chi connectivity index (χ3v) is 1.75. The molecule has 0 saturated heterocycles. The molecule has 5 heteroatoms. The molecular formula is C10H12N2O2S. The van der Waals surface area contributed by atoms with E-state index in [2.05, 4.69) is 17.5 Å². The number of amides is 1. The highest BCUT2D eigenvalue weighted by Gasteiger charge is 2.06. The number of nitrogens with two attached hydrogens (primary N) is 1. The van der Waals surface area contributed by atoms with Crippen LogP contribution in [0, 0.1) is 0 Å². The topological polar surface area (TPSA) is 64.3 Å². The minimum Gasteiger partial charge on any atom is -0.494 e. The molecule has 15 heavy (non-hydrogen) atoms. The summed E-state index contributed by atoms with van der Waals surface area (Å²) >= 11 is 4.57. The molecule has 1 amide bonds. The Balaban J connectivity index is 2.80. The van der Waals surface area contributed by atoms with Crippen LogP contribution >= 0.6 is 12.2 Å². The highest BCUT2D eigenvalue weighted by Crippen LogP contribution is 2.12. The second-order valence-corrected chi connectivity index (χ2v) is 3.22. The molecule has 1 aromatic carbocycles. The van der Waals surface area contributed by atoms with Gasteiger partial charge in [0.2, 0.25) is 0 Å². The molecule has 0 aromatic heterocycles. The van der Waals surface area contributed by atoms with Crippen LogP contribution in [-0.4, -0.2) is 17.6 Å². The Morgan fingerprint density at radius 1 is 1.60 bits per heavy atom. The summed E-state index contributed by atoms with van der Waals surface area (Å²) in [6.45, 7) is 2.43. The van der Waals surface area contributed by atoms with E-state index in [4.69, 9.17) is 10.5 Å². The third kappa shape index (κ3) is 3.55. The SMILES string of the molecule is CCOc1cccc(C(=O)NC(N)=S)c1.